The Kier molecular flexibility index (Phi) is 2.72. The number of aromatic amines is 1. The van der Waals surface area contributed by atoms with Gasteiger partial charge in [-0.2, -0.15) is 0 Å². The Balaban J connectivity index is 2.35. The van der Waals surface area contributed by atoms with Crippen molar-refractivity contribution in [1.29, 1.82) is 0 Å². The molecular formula is C12H11NO3. The number of ketones is 1. The van der Waals surface area contributed by atoms with Gasteiger partial charge < -0.3 is 9.72 Å². The van der Waals surface area contributed by atoms with E-state index in [0.29, 0.717) is 11.3 Å². The summed E-state index contributed by atoms with van der Waals surface area (Å²) in [7, 11) is 0. The molecular weight excluding hydrogens is 206 g/mol. The number of aromatic nitrogens is 1. The third-order valence-electron chi connectivity index (χ3n) is 2.14. The van der Waals surface area contributed by atoms with Crippen molar-refractivity contribution >= 4 is 16.7 Å². The van der Waals surface area contributed by atoms with Gasteiger partial charge in [0.2, 0.25) is 5.56 Å². The molecule has 0 aliphatic heterocycles. The molecule has 2 rings (SSSR count). The number of hydrogen-bond donors (Lipinski definition) is 1. The first-order chi connectivity index (χ1) is 7.65. The predicted octanol–water partition coefficient (Wildman–Crippen LogP) is 1.50. The first kappa shape index (κ1) is 10.4. The van der Waals surface area contributed by atoms with Crippen LogP contribution >= 0.6 is 0 Å². The van der Waals surface area contributed by atoms with Crippen LogP contribution in [0.4, 0.5) is 0 Å². The van der Waals surface area contributed by atoms with Gasteiger partial charge in [0.05, 0.1) is 5.52 Å². The van der Waals surface area contributed by atoms with Crippen LogP contribution in [-0.2, 0) is 4.79 Å². The van der Waals surface area contributed by atoms with Crippen molar-refractivity contribution < 1.29 is 9.53 Å². The summed E-state index contributed by atoms with van der Waals surface area (Å²) >= 11 is 0. The number of pyridine rings is 1. The molecule has 1 N–H and O–H groups in total. The molecule has 0 aliphatic carbocycles. The molecule has 1 heterocycles. The van der Waals surface area contributed by atoms with Crippen molar-refractivity contribution in [3.8, 4) is 5.75 Å². The standard InChI is InChI=1S/C12H11NO3/c1-8(14)7-16-10-4-2-9-3-5-12(15)13-11(9)6-10/h2-6H,7H2,1H3,(H,13,15). The molecule has 0 aliphatic rings. The van der Waals surface area contributed by atoms with Gasteiger partial charge in [-0.1, -0.05) is 0 Å². The zero-order valence-corrected chi connectivity index (χ0v) is 8.82. The quantitative estimate of drug-likeness (QED) is 0.847. The number of ether oxygens (including phenoxy) is 1. The monoisotopic (exact) mass is 217 g/mol. The van der Waals surface area contributed by atoms with Crippen LogP contribution < -0.4 is 10.3 Å². The number of hydrogen-bond acceptors (Lipinski definition) is 3. The van der Waals surface area contributed by atoms with Crippen LogP contribution in [0.2, 0.25) is 0 Å². The van der Waals surface area contributed by atoms with E-state index in [1.54, 1.807) is 18.2 Å². The fraction of sp³-hybridized carbons (Fsp3) is 0.167. The average Bonchev–Trinajstić information content (AvgIpc) is 2.25. The van der Waals surface area contributed by atoms with Crippen LogP contribution in [0.5, 0.6) is 5.75 Å². The summed E-state index contributed by atoms with van der Waals surface area (Å²) < 4.78 is 5.24. The van der Waals surface area contributed by atoms with E-state index >= 15 is 0 Å². The number of carbonyl (C=O) groups is 1. The van der Waals surface area contributed by atoms with Crippen LogP contribution in [0.1, 0.15) is 6.92 Å². The van der Waals surface area contributed by atoms with Crippen molar-refractivity contribution in [2.75, 3.05) is 6.61 Å². The second-order valence-electron chi connectivity index (χ2n) is 3.56. The van der Waals surface area contributed by atoms with Crippen LogP contribution in [0, 0.1) is 0 Å². The van der Waals surface area contributed by atoms with E-state index in [-0.39, 0.29) is 17.9 Å². The Morgan fingerprint density at radius 3 is 2.81 bits per heavy atom. The Bertz CT molecular complexity index is 586. The minimum Gasteiger partial charge on any atom is -0.486 e. The lowest BCUT2D eigenvalue weighted by atomic mass is 10.2. The molecule has 0 saturated carbocycles. The van der Waals surface area contributed by atoms with Crippen molar-refractivity contribution in [2.24, 2.45) is 0 Å². The number of benzene rings is 1. The first-order valence-electron chi connectivity index (χ1n) is 4.90. The summed E-state index contributed by atoms with van der Waals surface area (Å²) in [5, 5.41) is 0.926. The molecule has 0 bridgehead atoms. The van der Waals surface area contributed by atoms with Gasteiger partial charge in [-0.15, -0.1) is 0 Å². The largest absolute Gasteiger partial charge is 0.486 e. The van der Waals surface area contributed by atoms with E-state index in [0.717, 1.165) is 5.39 Å². The van der Waals surface area contributed by atoms with E-state index < -0.39 is 0 Å². The molecule has 0 amide bonds. The second-order valence-corrected chi connectivity index (χ2v) is 3.56. The molecule has 82 valence electrons. The van der Waals surface area contributed by atoms with E-state index in [4.69, 9.17) is 4.74 Å². The molecule has 4 nitrogen and oxygen atoms in total. The van der Waals surface area contributed by atoms with Crippen LogP contribution in [0.3, 0.4) is 0 Å². The van der Waals surface area contributed by atoms with Crippen molar-refractivity contribution in [1.82, 2.24) is 4.98 Å². The molecule has 0 unspecified atom stereocenters. The highest BCUT2D eigenvalue weighted by Crippen LogP contribution is 2.17. The highest BCUT2D eigenvalue weighted by molar-refractivity contribution is 5.80. The predicted molar refractivity (Wildman–Crippen MR) is 60.7 cm³/mol. The molecule has 4 heteroatoms. The lowest BCUT2D eigenvalue weighted by Gasteiger charge is -2.04. The van der Waals surface area contributed by atoms with Crippen LogP contribution in [-0.4, -0.2) is 17.4 Å². The molecule has 0 saturated heterocycles. The highest BCUT2D eigenvalue weighted by Gasteiger charge is 1.99. The summed E-state index contributed by atoms with van der Waals surface area (Å²) in [6.07, 6.45) is 0. The molecule has 0 fully saturated rings. The lowest BCUT2D eigenvalue weighted by Crippen LogP contribution is -2.07. The first-order valence-corrected chi connectivity index (χ1v) is 4.90. The van der Waals surface area contributed by atoms with Gasteiger partial charge in [0, 0.05) is 12.1 Å². The number of nitrogens with one attached hydrogen (secondary N) is 1. The Morgan fingerprint density at radius 2 is 2.06 bits per heavy atom. The second kappa shape index (κ2) is 4.18. The Labute approximate surface area is 91.9 Å². The topological polar surface area (TPSA) is 59.2 Å². The van der Waals surface area contributed by atoms with Crippen molar-refractivity contribution in [3.05, 3.63) is 40.7 Å². The third kappa shape index (κ3) is 2.28. The maximum Gasteiger partial charge on any atom is 0.248 e. The number of H-pyrrole nitrogens is 1. The minimum absolute atomic E-state index is 0.0401. The zero-order chi connectivity index (χ0) is 11.5. The normalized spacial score (nSPS) is 10.3. The smallest absolute Gasteiger partial charge is 0.248 e. The Morgan fingerprint density at radius 1 is 1.31 bits per heavy atom. The van der Waals surface area contributed by atoms with Gasteiger partial charge in [0.25, 0.3) is 0 Å². The summed E-state index contributed by atoms with van der Waals surface area (Å²) in [6, 6.07) is 8.52. The highest BCUT2D eigenvalue weighted by atomic mass is 16.5. The van der Waals surface area contributed by atoms with Crippen LogP contribution in [0.15, 0.2) is 35.1 Å². The molecule has 0 atom stereocenters. The van der Waals surface area contributed by atoms with Crippen molar-refractivity contribution in [2.45, 2.75) is 6.92 Å². The maximum absolute atomic E-state index is 11.1. The molecule has 1 aromatic carbocycles. The number of rotatable bonds is 3. The van der Waals surface area contributed by atoms with E-state index in [1.165, 1.54) is 13.0 Å². The average molecular weight is 217 g/mol. The molecule has 0 spiro atoms. The zero-order valence-electron chi connectivity index (χ0n) is 8.82. The van der Waals surface area contributed by atoms with Gasteiger partial charge in [-0.25, -0.2) is 0 Å². The molecule has 0 radical (unpaired) electrons. The summed E-state index contributed by atoms with van der Waals surface area (Å²) in [6.45, 7) is 1.51. The molecule has 16 heavy (non-hydrogen) atoms. The number of fused-ring (bicyclic) bond motifs is 1. The van der Waals surface area contributed by atoms with Gasteiger partial charge in [-0.3, -0.25) is 9.59 Å². The van der Waals surface area contributed by atoms with Crippen molar-refractivity contribution in [3.63, 3.8) is 0 Å². The van der Waals surface area contributed by atoms with E-state index in [1.807, 2.05) is 6.07 Å². The van der Waals surface area contributed by atoms with E-state index in [9.17, 15) is 9.59 Å². The van der Waals surface area contributed by atoms with Gasteiger partial charge in [0.1, 0.15) is 12.4 Å². The lowest BCUT2D eigenvalue weighted by molar-refractivity contribution is -0.118. The third-order valence-corrected chi connectivity index (χ3v) is 2.14. The summed E-state index contributed by atoms with van der Waals surface area (Å²) in [5.41, 5.74) is 0.546. The van der Waals surface area contributed by atoms with Gasteiger partial charge >= 0.3 is 0 Å². The van der Waals surface area contributed by atoms with Gasteiger partial charge in [0.15, 0.2) is 5.78 Å². The SMILES string of the molecule is CC(=O)COc1ccc2ccc(=O)[nH]c2c1. The van der Waals surface area contributed by atoms with Gasteiger partial charge in [-0.05, 0) is 30.5 Å². The summed E-state index contributed by atoms with van der Waals surface area (Å²) in [5.74, 6) is 0.534. The van der Waals surface area contributed by atoms with Crippen LogP contribution in [0.25, 0.3) is 10.9 Å². The minimum atomic E-state index is -0.156. The molecule has 2 aromatic rings. The Hall–Kier alpha value is -2.10. The summed E-state index contributed by atoms with van der Waals surface area (Å²) in [4.78, 5) is 24.6. The molecule has 1 aromatic heterocycles. The fourth-order valence-electron chi connectivity index (χ4n) is 1.40. The fourth-order valence-corrected chi connectivity index (χ4v) is 1.40. The maximum atomic E-state index is 11.1. The number of carbonyl (C=O) groups excluding carboxylic acids is 1. The number of Topliss-reactive ketones (excluding diaryl/α,β-unsaturated/α-hetero) is 1. The van der Waals surface area contributed by atoms with E-state index in [2.05, 4.69) is 4.98 Å².